The largest absolute Gasteiger partial charge is 0.361 e. The number of nitrogen functional groups attached to an aromatic ring is 1. The highest BCUT2D eigenvalue weighted by Gasteiger charge is 2.12. The minimum absolute atomic E-state index is 0.0193. The maximum Gasteiger partial charge on any atom is 0.241 e. The van der Waals surface area contributed by atoms with Crippen LogP contribution in [-0.2, 0) is 11.2 Å². The van der Waals surface area contributed by atoms with Crippen LogP contribution in [0.1, 0.15) is 25.8 Å². The minimum atomic E-state index is 0.0193. The van der Waals surface area contributed by atoms with E-state index in [1.165, 1.54) is 6.33 Å². The first-order valence-corrected chi connectivity index (χ1v) is 6.42. The van der Waals surface area contributed by atoms with E-state index in [9.17, 15) is 4.79 Å². The number of carbonyl (C=O) groups excluding carboxylic acids is 1. The lowest BCUT2D eigenvalue weighted by atomic mass is 10.1. The molecule has 0 spiro atoms. The molecule has 1 amide bonds. The van der Waals surface area contributed by atoms with Crippen molar-refractivity contribution in [1.82, 2.24) is 14.9 Å². The fourth-order valence-electron chi connectivity index (χ4n) is 1.65. The molecule has 0 saturated carbocycles. The molecule has 1 rings (SSSR count). The molecule has 0 aliphatic heterocycles. The Morgan fingerprint density at radius 2 is 2.05 bits per heavy atom. The Kier molecular flexibility index (Phi) is 6.01. The van der Waals surface area contributed by atoms with Gasteiger partial charge in [0.2, 0.25) is 5.91 Å². The summed E-state index contributed by atoms with van der Waals surface area (Å²) in [6.45, 7) is 4.89. The molecule has 0 aliphatic carbocycles. The summed E-state index contributed by atoms with van der Waals surface area (Å²) in [5, 5.41) is 3.05. The smallest absolute Gasteiger partial charge is 0.241 e. The molecule has 0 unspecified atom stereocenters. The average molecular weight is 266 g/mol. The van der Waals surface area contributed by atoms with Gasteiger partial charge in [0.15, 0.2) is 0 Å². The molecule has 0 saturated heterocycles. The molecule has 7 nitrogen and oxygen atoms in total. The molecule has 0 fully saturated rings. The number of likely N-dealkylation sites (N-methyl/N-ethyl adjacent to an activating group) is 1. The van der Waals surface area contributed by atoms with E-state index in [1.807, 2.05) is 6.92 Å². The van der Waals surface area contributed by atoms with E-state index < -0.39 is 0 Å². The molecule has 4 N–H and O–H groups in total. The number of nitrogens with one attached hydrogen (secondary N) is 2. The van der Waals surface area contributed by atoms with Crippen molar-refractivity contribution in [2.45, 2.75) is 26.7 Å². The van der Waals surface area contributed by atoms with Gasteiger partial charge in [0, 0.05) is 19.2 Å². The summed E-state index contributed by atoms with van der Waals surface area (Å²) < 4.78 is 0. The van der Waals surface area contributed by atoms with Gasteiger partial charge in [0.05, 0.1) is 6.54 Å². The van der Waals surface area contributed by atoms with Crippen LogP contribution in [0, 0.1) is 0 Å². The maximum absolute atomic E-state index is 11.8. The van der Waals surface area contributed by atoms with Crippen molar-refractivity contribution in [2.75, 3.05) is 30.9 Å². The first-order chi connectivity index (χ1) is 9.13. The van der Waals surface area contributed by atoms with Crippen LogP contribution in [0.2, 0.25) is 0 Å². The van der Waals surface area contributed by atoms with Crippen molar-refractivity contribution in [3.8, 4) is 0 Å². The Labute approximate surface area is 113 Å². The number of amides is 1. The lowest BCUT2D eigenvalue weighted by Crippen LogP contribution is -2.32. The summed E-state index contributed by atoms with van der Waals surface area (Å²) in [5.41, 5.74) is 3.46. The van der Waals surface area contributed by atoms with Gasteiger partial charge < -0.3 is 15.6 Å². The summed E-state index contributed by atoms with van der Waals surface area (Å²) in [6.07, 6.45) is 3.16. The van der Waals surface area contributed by atoms with Crippen LogP contribution >= 0.6 is 0 Å². The van der Waals surface area contributed by atoms with E-state index in [0.29, 0.717) is 18.2 Å². The van der Waals surface area contributed by atoms with Crippen molar-refractivity contribution < 1.29 is 4.79 Å². The number of nitrogens with two attached hydrogens (primary N) is 1. The Balaban J connectivity index is 2.80. The zero-order chi connectivity index (χ0) is 14.3. The van der Waals surface area contributed by atoms with E-state index in [1.54, 1.807) is 11.9 Å². The summed E-state index contributed by atoms with van der Waals surface area (Å²) >= 11 is 0. The molecule has 19 heavy (non-hydrogen) atoms. The van der Waals surface area contributed by atoms with Crippen molar-refractivity contribution in [1.29, 1.82) is 0 Å². The van der Waals surface area contributed by atoms with Crippen LogP contribution < -0.4 is 16.6 Å². The molecular weight excluding hydrogens is 244 g/mol. The predicted molar refractivity (Wildman–Crippen MR) is 75.6 cm³/mol. The Bertz CT molecular complexity index is 423. The number of hydrogen-bond acceptors (Lipinski definition) is 6. The molecule has 1 aromatic rings. The van der Waals surface area contributed by atoms with Crippen LogP contribution in [0.3, 0.4) is 0 Å². The molecule has 106 valence electrons. The first kappa shape index (κ1) is 15.2. The first-order valence-electron chi connectivity index (χ1n) is 6.42. The third kappa shape index (κ3) is 4.06. The second kappa shape index (κ2) is 7.52. The van der Waals surface area contributed by atoms with Crippen molar-refractivity contribution >= 4 is 17.5 Å². The molecule has 1 heterocycles. The van der Waals surface area contributed by atoms with Gasteiger partial charge in [-0.3, -0.25) is 4.79 Å². The molecule has 7 heteroatoms. The van der Waals surface area contributed by atoms with Crippen LogP contribution in [0.15, 0.2) is 6.33 Å². The number of anilines is 2. The van der Waals surface area contributed by atoms with Gasteiger partial charge in [-0.25, -0.2) is 15.8 Å². The van der Waals surface area contributed by atoms with Crippen LogP contribution in [0.5, 0.6) is 0 Å². The quantitative estimate of drug-likeness (QED) is 0.494. The number of nitrogens with zero attached hydrogens (tertiary/aromatic N) is 3. The SMILES string of the molecule is CCCc1c(NN)ncnc1NCC(=O)N(C)CC. The van der Waals surface area contributed by atoms with Gasteiger partial charge in [-0.2, -0.15) is 0 Å². The maximum atomic E-state index is 11.8. The molecule has 0 bridgehead atoms. The van der Waals surface area contributed by atoms with Crippen molar-refractivity contribution in [2.24, 2.45) is 5.84 Å². The van der Waals surface area contributed by atoms with Crippen molar-refractivity contribution in [3.05, 3.63) is 11.9 Å². The van der Waals surface area contributed by atoms with E-state index >= 15 is 0 Å². The summed E-state index contributed by atoms with van der Waals surface area (Å²) in [6, 6.07) is 0. The van der Waals surface area contributed by atoms with Gasteiger partial charge in [-0.05, 0) is 13.3 Å². The Morgan fingerprint density at radius 3 is 2.63 bits per heavy atom. The zero-order valence-electron chi connectivity index (χ0n) is 11.7. The van der Waals surface area contributed by atoms with Crippen LogP contribution in [0.25, 0.3) is 0 Å². The summed E-state index contributed by atoms with van der Waals surface area (Å²) in [4.78, 5) is 21.6. The highest BCUT2D eigenvalue weighted by atomic mass is 16.2. The summed E-state index contributed by atoms with van der Waals surface area (Å²) in [5.74, 6) is 6.70. The fraction of sp³-hybridized carbons (Fsp3) is 0.583. The lowest BCUT2D eigenvalue weighted by molar-refractivity contribution is -0.127. The summed E-state index contributed by atoms with van der Waals surface area (Å²) in [7, 11) is 1.77. The number of hydrogen-bond donors (Lipinski definition) is 3. The fourth-order valence-corrected chi connectivity index (χ4v) is 1.65. The Morgan fingerprint density at radius 1 is 1.37 bits per heavy atom. The standard InChI is InChI=1S/C12H22N6O/c1-4-6-9-11(15-8-16-12(9)17-13)14-7-10(19)18(3)5-2/h8H,4-7,13H2,1-3H3,(H2,14,15,16,17). The lowest BCUT2D eigenvalue weighted by Gasteiger charge is -2.17. The molecular formula is C12H22N6O. The highest BCUT2D eigenvalue weighted by molar-refractivity contribution is 5.80. The van der Waals surface area contributed by atoms with Crippen LogP contribution in [-0.4, -0.2) is 40.9 Å². The van der Waals surface area contributed by atoms with Gasteiger partial charge >= 0.3 is 0 Å². The normalized spacial score (nSPS) is 10.1. The molecule has 0 atom stereocenters. The molecule has 0 aliphatic rings. The van der Waals surface area contributed by atoms with Gasteiger partial charge in [-0.15, -0.1) is 0 Å². The van der Waals surface area contributed by atoms with Gasteiger partial charge in [0.1, 0.15) is 18.0 Å². The van der Waals surface area contributed by atoms with E-state index in [4.69, 9.17) is 5.84 Å². The third-order valence-corrected chi connectivity index (χ3v) is 2.89. The Hall–Kier alpha value is -1.89. The molecule has 0 radical (unpaired) electrons. The third-order valence-electron chi connectivity index (χ3n) is 2.89. The molecule has 1 aromatic heterocycles. The number of carbonyl (C=O) groups is 1. The van der Waals surface area contributed by atoms with Gasteiger partial charge in [0.25, 0.3) is 0 Å². The molecule has 0 aromatic carbocycles. The highest BCUT2D eigenvalue weighted by Crippen LogP contribution is 2.20. The van der Waals surface area contributed by atoms with E-state index in [0.717, 1.165) is 18.4 Å². The second-order valence-corrected chi connectivity index (χ2v) is 4.21. The van der Waals surface area contributed by atoms with E-state index in [2.05, 4.69) is 27.6 Å². The minimum Gasteiger partial charge on any atom is -0.361 e. The number of rotatable bonds is 7. The topological polar surface area (TPSA) is 96.2 Å². The van der Waals surface area contributed by atoms with E-state index in [-0.39, 0.29) is 12.5 Å². The number of aromatic nitrogens is 2. The monoisotopic (exact) mass is 266 g/mol. The van der Waals surface area contributed by atoms with Crippen molar-refractivity contribution in [3.63, 3.8) is 0 Å². The zero-order valence-corrected chi connectivity index (χ0v) is 11.7. The average Bonchev–Trinajstić information content (AvgIpc) is 2.44. The van der Waals surface area contributed by atoms with Crippen LogP contribution in [0.4, 0.5) is 11.6 Å². The van der Waals surface area contributed by atoms with Gasteiger partial charge in [-0.1, -0.05) is 13.3 Å². The predicted octanol–water partition coefficient (Wildman–Crippen LogP) is 0.605. The second-order valence-electron chi connectivity index (χ2n) is 4.21. The number of hydrazine groups is 1.